The second-order valence-electron chi connectivity index (χ2n) is 7.82. The van der Waals surface area contributed by atoms with Crippen LogP contribution < -0.4 is 10.1 Å². The Morgan fingerprint density at radius 1 is 1.27 bits per heavy atom. The molecular formula is C26H25N3O3S. The van der Waals surface area contributed by atoms with E-state index in [0.717, 1.165) is 19.3 Å². The number of aromatic nitrogens is 1. The molecule has 2 heterocycles. The molecule has 3 aromatic rings. The molecule has 0 radical (unpaired) electrons. The van der Waals surface area contributed by atoms with Crippen LogP contribution in [-0.2, 0) is 0 Å². The molecule has 1 aromatic carbocycles. The minimum Gasteiger partial charge on any atom is -0.495 e. The van der Waals surface area contributed by atoms with Gasteiger partial charge in [0.05, 0.1) is 35.2 Å². The van der Waals surface area contributed by atoms with Crippen LogP contribution in [0.2, 0.25) is 0 Å². The summed E-state index contributed by atoms with van der Waals surface area (Å²) in [4.78, 5) is 18.2. The fourth-order valence-corrected chi connectivity index (χ4v) is 5.13. The molecule has 1 aliphatic rings. The standard InChI is InChI=1S/C26H25N3O3S/c1-16-13-14-22(32-16)24-19(15-27)26(33-18-9-5-4-6-10-18)28-17(2)23(24)25(30)29-20-11-7-8-12-21(20)31-3/h5,7-9,11-14,18H,4,6,10H2,1-3H3,(H,29,30). The molecular weight excluding hydrogens is 434 g/mol. The van der Waals surface area contributed by atoms with E-state index in [2.05, 4.69) is 23.5 Å². The summed E-state index contributed by atoms with van der Waals surface area (Å²) in [6, 6.07) is 13.1. The summed E-state index contributed by atoms with van der Waals surface area (Å²) in [5.74, 6) is 1.34. The molecule has 1 N–H and O–H groups in total. The van der Waals surface area contributed by atoms with E-state index in [4.69, 9.17) is 14.1 Å². The van der Waals surface area contributed by atoms with Crippen molar-refractivity contribution in [1.29, 1.82) is 5.26 Å². The van der Waals surface area contributed by atoms with Crippen molar-refractivity contribution in [3.8, 4) is 23.1 Å². The molecule has 4 rings (SSSR count). The summed E-state index contributed by atoms with van der Waals surface area (Å²) in [6.45, 7) is 3.62. The number of methoxy groups -OCH3 is 1. The van der Waals surface area contributed by atoms with Gasteiger partial charge in [-0.25, -0.2) is 4.98 Å². The molecule has 0 spiro atoms. The van der Waals surface area contributed by atoms with Crippen LogP contribution in [0, 0.1) is 25.2 Å². The van der Waals surface area contributed by atoms with Gasteiger partial charge in [-0.05, 0) is 57.4 Å². The van der Waals surface area contributed by atoms with E-state index in [1.165, 1.54) is 0 Å². The Balaban J connectivity index is 1.83. The first-order valence-electron chi connectivity index (χ1n) is 10.8. The number of nitrogens with one attached hydrogen (secondary N) is 1. The zero-order valence-corrected chi connectivity index (χ0v) is 19.7. The minimum atomic E-state index is -0.376. The average Bonchev–Trinajstić information content (AvgIpc) is 3.25. The molecule has 0 aliphatic heterocycles. The maximum absolute atomic E-state index is 13.5. The minimum absolute atomic E-state index is 0.247. The number of aryl methyl sites for hydroxylation is 2. The normalized spacial score (nSPS) is 15.2. The van der Waals surface area contributed by atoms with Crippen molar-refractivity contribution < 1.29 is 13.9 Å². The van der Waals surface area contributed by atoms with Crippen molar-refractivity contribution in [2.75, 3.05) is 12.4 Å². The van der Waals surface area contributed by atoms with Gasteiger partial charge >= 0.3 is 0 Å². The molecule has 1 amide bonds. The van der Waals surface area contributed by atoms with E-state index in [9.17, 15) is 10.1 Å². The van der Waals surface area contributed by atoms with E-state index in [0.29, 0.717) is 50.4 Å². The highest BCUT2D eigenvalue weighted by Crippen LogP contribution is 2.39. The maximum Gasteiger partial charge on any atom is 0.258 e. The largest absolute Gasteiger partial charge is 0.495 e. The lowest BCUT2D eigenvalue weighted by atomic mass is 9.99. The second-order valence-corrected chi connectivity index (χ2v) is 9.05. The zero-order chi connectivity index (χ0) is 23.4. The number of thioether (sulfide) groups is 1. The van der Waals surface area contributed by atoms with Crippen molar-refractivity contribution in [3.63, 3.8) is 0 Å². The van der Waals surface area contributed by atoms with Crippen LogP contribution in [0.3, 0.4) is 0 Å². The third-order valence-electron chi connectivity index (χ3n) is 5.50. The molecule has 6 nitrogen and oxygen atoms in total. The van der Waals surface area contributed by atoms with Crippen LogP contribution in [0.5, 0.6) is 5.75 Å². The maximum atomic E-state index is 13.5. The molecule has 1 atom stereocenters. The van der Waals surface area contributed by atoms with Gasteiger partial charge in [-0.1, -0.05) is 36.0 Å². The smallest absolute Gasteiger partial charge is 0.258 e. The van der Waals surface area contributed by atoms with E-state index in [-0.39, 0.29) is 11.2 Å². The van der Waals surface area contributed by atoms with Crippen LogP contribution in [0.1, 0.15) is 46.6 Å². The molecule has 33 heavy (non-hydrogen) atoms. The second kappa shape index (κ2) is 9.97. The molecule has 0 saturated heterocycles. The highest BCUT2D eigenvalue weighted by molar-refractivity contribution is 8.00. The van der Waals surface area contributed by atoms with Gasteiger partial charge in [-0.3, -0.25) is 4.79 Å². The molecule has 168 valence electrons. The van der Waals surface area contributed by atoms with Crippen molar-refractivity contribution in [2.45, 2.75) is 43.4 Å². The van der Waals surface area contributed by atoms with Crippen molar-refractivity contribution in [3.05, 3.63) is 71.1 Å². The van der Waals surface area contributed by atoms with Crippen LogP contribution in [0.25, 0.3) is 11.3 Å². The summed E-state index contributed by atoms with van der Waals surface area (Å²) in [7, 11) is 1.55. The van der Waals surface area contributed by atoms with Gasteiger partial charge in [0.1, 0.15) is 28.4 Å². The highest BCUT2D eigenvalue weighted by atomic mass is 32.2. The number of carbonyl (C=O) groups excluding carboxylic acids is 1. The van der Waals surface area contributed by atoms with Crippen LogP contribution in [-0.4, -0.2) is 23.3 Å². The molecule has 0 bridgehead atoms. The molecule has 1 unspecified atom stereocenters. The number of anilines is 1. The number of allylic oxidation sites excluding steroid dienone is 1. The van der Waals surface area contributed by atoms with E-state index in [1.54, 1.807) is 44.0 Å². The Bertz CT molecular complexity index is 1260. The number of hydrogen-bond donors (Lipinski definition) is 1. The number of benzene rings is 1. The lowest BCUT2D eigenvalue weighted by Crippen LogP contribution is -2.18. The first kappa shape index (κ1) is 22.7. The quantitative estimate of drug-likeness (QED) is 0.436. The SMILES string of the molecule is COc1ccccc1NC(=O)c1c(C)nc(SC2C=CCCC2)c(C#N)c1-c1ccc(C)o1. The molecule has 2 aromatic heterocycles. The number of para-hydroxylation sites is 2. The van der Waals surface area contributed by atoms with E-state index < -0.39 is 0 Å². The number of amides is 1. The highest BCUT2D eigenvalue weighted by Gasteiger charge is 2.27. The molecule has 0 fully saturated rings. The summed E-state index contributed by atoms with van der Waals surface area (Å²) >= 11 is 1.56. The topological polar surface area (TPSA) is 88.1 Å². The fourth-order valence-electron chi connectivity index (χ4n) is 3.91. The number of hydrogen-bond acceptors (Lipinski definition) is 6. The first-order chi connectivity index (χ1) is 16.0. The summed E-state index contributed by atoms with van der Waals surface area (Å²) in [6.07, 6.45) is 7.56. The lowest BCUT2D eigenvalue weighted by Gasteiger charge is -2.19. The lowest BCUT2D eigenvalue weighted by molar-refractivity contribution is 0.102. The summed E-state index contributed by atoms with van der Waals surface area (Å²) in [5, 5.41) is 13.9. The summed E-state index contributed by atoms with van der Waals surface area (Å²) in [5.41, 5.74) is 2.20. The number of furan rings is 1. The monoisotopic (exact) mass is 459 g/mol. The van der Waals surface area contributed by atoms with E-state index >= 15 is 0 Å². The number of ether oxygens (including phenoxy) is 1. The van der Waals surface area contributed by atoms with Crippen molar-refractivity contribution in [1.82, 2.24) is 4.98 Å². The van der Waals surface area contributed by atoms with Crippen molar-refractivity contribution >= 4 is 23.4 Å². The third-order valence-corrected chi connectivity index (χ3v) is 6.71. The van der Waals surface area contributed by atoms with Gasteiger partial charge < -0.3 is 14.5 Å². The Morgan fingerprint density at radius 3 is 2.76 bits per heavy atom. The Morgan fingerprint density at radius 2 is 2.09 bits per heavy atom. The van der Waals surface area contributed by atoms with Gasteiger partial charge in [0.2, 0.25) is 0 Å². The Kier molecular flexibility index (Phi) is 6.85. The molecule has 0 saturated carbocycles. The van der Waals surface area contributed by atoms with Crippen LogP contribution >= 0.6 is 11.8 Å². The Labute approximate surface area is 197 Å². The molecule has 7 heteroatoms. The number of pyridine rings is 1. The predicted octanol–water partition coefficient (Wildman–Crippen LogP) is 6.29. The van der Waals surface area contributed by atoms with Crippen molar-refractivity contribution in [2.24, 2.45) is 0 Å². The number of rotatable bonds is 6. The van der Waals surface area contributed by atoms with Gasteiger partial charge in [-0.2, -0.15) is 5.26 Å². The number of nitrogens with zero attached hydrogens (tertiary/aromatic N) is 2. The predicted molar refractivity (Wildman–Crippen MR) is 130 cm³/mol. The van der Waals surface area contributed by atoms with E-state index in [1.807, 2.05) is 25.1 Å². The first-order valence-corrected chi connectivity index (χ1v) is 11.7. The van der Waals surface area contributed by atoms with Gasteiger partial charge in [0.15, 0.2) is 0 Å². The van der Waals surface area contributed by atoms with Crippen LogP contribution in [0.4, 0.5) is 5.69 Å². The third kappa shape index (κ3) is 4.81. The van der Waals surface area contributed by atoms with Gasteiger partial charge in [-0.15, -0.1) is 0 Å². The Hall–Kier alpha value is -3.50. The van der Waals surface area contributed by atoms with Crippen LogP contribution in [0.15, 0.2) is 58.0 Å². The molecule has 1 aliphatic carbocycles. The summed E-state index contributed by atoms with van der Waals surface area (Å²) < 4.78 is 11.3. The van der Waals surface area contributed by atoms with Gasteiger partial charge in [0.25, 0.3) is 5.91 Å². The zero-order valence-electron chi connectivity index (χ0n) is 18.8. The number of nitriles is 1. The van der Waals surface area contributed by atoms with Gasteiger partial charge in [0, 0.05) is 5.25 Å². The fraction of sp³-hybridized carbons (Fsp3) is 0.269. The average molecular weight is 460 g/mol. The number of carbonyl (C=O) groups is 1.